The largest absolute Gasteiger partial charge is 0.455 e. The van der Waals surface area contributed by atoms with Gasteiger partial charge in [0.15, 0.2) is 0 Å². The van der Waals surface area contributed by atoms with Gasteiger partial charge >= 0.3 is 0 Å². The fraction of sp³-hybridized carbons (Fsp3) is 0. The number of rotatable bonds is 4. The summed E-state index contributed by atoms with van der Waals surface area (Å²) in [4.78, 5) is 2.34. The smallest absolute Gasteiger partial charge is 0.143 e. The van der Waals surface area contributed by atoms with Gasteiger partial charge in [-0.2, -0.15) is 0 Å². The molecule has 9 aromatic rings. The highest BCUT2D eigenvalue weighted by Crippen LogP contribution is 2.41. The summed E-state index contributed by atoms with van der Waals surface area (Å²) in [5, 5.41) is 9.60. The number of hydrogen-bond donors (Lipinski definition) is 0. The second kappa shape index (κ2) is 9.86. The molecule has 2 nitrogen and oxygen atoms in total. The third-order valence-electron chi connectivity index (χ3n) is 8.78. The highest BCUT2D eigenvalue weighted by molar-refractivity contribution is 6.13. The first-order valence-electron chi connectivity index (χ1n) is 15.0. The molecule has 0 aliphatic heterocycles. The topological polar surface area (TPSA) is 16.4 Å². The summed E-state index contributed by atoms with van der Waals surface area (Å²) in [5.74, 6) is 0. The molecule has 8 aromatic carbocycles. The number of para-hydroxylation sites is 1. The Bertz CT molecular complexity index is 2420. The van der Waals surface area contributed by atoms with E-state index in [1.807, 2.05) is 0 Å². The average molecular weight is 562 g/mol. The number of nitrogens with zero attached hydrogens (tertiary/aromatic N) is 1. The fourth-order valence-electron chi connectivity index (χ4n) is 6.58. The minimum Gasteiger partial charge on any atom is -0.455 e. The Morgan fingerprint density at radius 3 is 1.50 bits per heavy atom. The molecular formula is C42H27NO. The lowest BCUT2D eigenvalue weighted by atomic mass is 10.0. The first kappa shape index (κ1) is 24.7. The van der Waals surface area contributed by atoms with E-state index in [0.717, 1.165) is 50.1 Å². The second-order valence-electron chi connectivity index (χ2n) is 11.4. The van der Waals surface area contributed by atoms with Crippen LogP contribution in [0.3, 0.4) is 0 Å². The van der Waals surface area contributed by atoms with Gasteiger partial charge in [-0.1, -0.05) is 115 Å². The Balaban J connectivity index is 1.18. The number of furan rings is 1. The van der Waals surface area contributed by atoms with Crippen molar-refractivity contribution in [1.29, 1.82) is 0 Å². The Labute approximate surface area is 255 Å². The second-order valence-corrected chi connectivity index (χ2v) is 11.4. The van der Waals surface area contributed by atoms with E-state index < -0.39 is 0 Å². The minimum atomic E-state index is 0.918. The molecule has 0 unspecified atom stereocenters. The lowest BCUT2D eigenvalue weighted by Crippen LogP contribution is -2.09. The standard InChI is InChI=1S/C42H27NO/c1-3-10-31-24-36(22-16-28(31)8-1)43(37-23-17-29-9-2-4-11-32(29)25-37)35-20-18-30(19-21-35)38-14-7-15-39-40-26-33-12-5-6-13-34(33)27-41(40)44-42(38)39/h1-27H. The molecule has 0 spiro atoms. The van der Waals surface area contributed by atoms with Gasteiger partial charge in [0.1, 0.15) is 11.2 Å². The molecule has 0 atom stereocenters. The molecule has 0 bridgehead atoms. The summed E-state index contributed by atoms with van der Waals surface area (Å²) in [7, 11) is 0. The van der Waals surface area contributed by atoms with Gasteiger partial charge in [-0.15, -0.1) is 0 Å². The zero-order valence-electron chi connectivity index (χ0n) is 23.9. The van der Waals surface area contributed by atoms with E-state index in [2.05, 4.69) is 169 Å². The van der Waals surface area contributed by atoms with E-state index in [9.17, 15) is 0 Å². The maximum Gasteiger partial charge on any atom is 0.143 e. The summed E-state index contributed by atoms with van der Waals surface area (Å²) in [6.07, 6.45) is 0. The summed E-state index contributed by atoms with van der Waals surface area (Å²) in [6, 6.07) is 58.6. The van der Waals surface area contributed by atoms with Gasteiger partial charge in [-0.25, -0.2) is 0 Å². The van der Waals surface area contributed by atoms with Crippen LogP contribution in [0, 0.1) is 0 Å². The van der Waals surface area contributed by atoms with Gasteiger partial charge in [-0.05, 0) is 86.4 Å². The summed E-state index contributed by atoms with van der Waals surface area (Å²) >= 11 is 0. The van der Waals surface area contributed by atoms with Gasteiger partial charge in [0, 0.05) is 33.4 Å². The predicted molar refractivity (Wildman–Crippen MR) is 186 cm³/mol. The SMILES string of the molecule is c1ccc2cc(N(c3ccc(-c4cccc5c4oc4cc6ccccc6cc45)cc3)c3ccc4ccccc4c3)ccc2c1. The highest BCUT2D eigenvalue weighted by Gasteiger charge is 2.16. The predicted octanol–water partition coefficient (Wildman–Crippen LogP) is 12.2. The number of fused-ring (bicyclic) bond motifs is 6. The van der Waals surface area contributed by atoms with Crippen LogP contribution in [-0.4, -0.2) is 0 Å². The number of anilines is 3. The summed E-state index contributed by atoms with van der Waals surface area (Å²) in [6.45, 7) is 0. The van der Waals surface area contributed by atoms with Crippen molar-refractivity contribution < 1.29 is 4.42 Å². The van der Waals surface area contributed by atoms with Gasteiger partial charge < -0.3 is 9.32 Å². The van der Waals surface area contributed by atoms with Crippen molar-refractivity contribution in [2.75, 3.05) is 4.90 Å². The van der Waals surface area contributed by atoms with E-state index in [1.54, 1.807) is 0 Å². The Morgan fingerprint density at radius 1 is 0.364 bits per heavy atom. The van der Waals surface area contributed by atoms with E-state index in [1.165, 1.54) is 32.3 Å². The first-order chi connectivity index (χ1) is 21.8. The van der Waals surface area contributed by atoms with Crippen molar-refractivity contribution in [3.8, 4) is 11.1 Å². The summed E-state index contributed by atoms with van der Waals surface area (Å²) < 4.78 is 6.53. The van der Waals surface area contributed by atoms with Crippen LogP contribution < -0.4 is 4.90 Å². The zero-order valence-corrected chi connectivity index (χ0v) is 23.9. The average Bonchev–Trinajstić information content (AvgIpc) is 3.45. The molecule has 0 saturated carbocycles. The Morgan fingerprint density at radius 2 is 0.886 bits per heavy atom. The molecule has 0 N–H and O–H groups in total. The molecule has 0 fully saturated rings. The van der Waals surface area contributed by atoms with Crippen molar-refractivity contribution in [2.24, 2.45) is 0 Å². The monoisotopic (exact) mass is 561 g/mol. The molecule has 1 heterocycles. The highest BCUT2D eigenvalue weighted by atomic mass is 16.3. The van der Waals surface area contributed by atoms with Crippen LogP contribution in [0.5, 0.6) is 0 Å². The summed E-state index contributed by atoms with van der Waals surface area (Å²) in [5.41, 5.74) is 7.41. The third-order valence-corrected chi connectivity index (χ3v) is 8.78. The molecule has 0 aliphatic carbocycles. The van der Waals surface area contributed by atoms with E-state index >= 15 is 0 Å². The molecule has 0 radical (unpaired) electrons. The van der Waals surface area contributed by atoms with Crippen LogP contribution in [0.1, 0.15) is 0 Å². The van der Waals surface area contributed by atoms with Crippen LogP contribution in [0.15, 0.2) is 168 Å². The molecule has 2 heteroatoms. The van der Waals surface area contributed by atoms with Crippen LogP contribution in [0.4, 0.5) is 17.1 Å². The molecule has 44 heavy (non-hydrogen) atoms. The van der Waals surface area contributed by atoms with Crippen LogP contribution in [-0.2, 0) is 0 Å². The Kier molecular flexibility index (Phi) is 5.54. The lowest BCUT2D eigenvalue weighted by molar-refractivity contribution is 0.670. The molecule has 0 saturated heterocycles. The van der Waals surface area contributed by atoms with E-state index in [0.29, 0.717) is 0 Å². The van der Waals surface area contributed by atoms with Crippen molar-refractivity contribution in [3.63, 3.8) is 0 Å². The van der Waals surface area contributed by atoms with E-state index in [4.69, 9.17) is 4.42 Å². The fourth-order valence-corrected chi connectivity index (χ4v) is 6.58. The first-order valence-corrected chi connectivity index (χ1v) is 15.0. The van der Waals surface area contributed by atoms with Gasteiger partial charge in [-0.3, -0.25) is 0 Å². The quantitative estimate of drug-likeness (QED) is 0.212. The molecule has 206 valence electrons. The normalized spacial score (nSPS) is 11.6. The van der Waals surface area contributed by atoms with Crippen molar-refractivity contribution in [3.05, 3.63) is 164 Å². The molecule has 1 aromatic heterocycles. The maximum absolute atomic E-state index is 6.53. The lowest BCUT2D eigenvalue weighted by Gasteiger charge is -2.26. The Hall–Kier alpha value is -5.86. The number of hydrogen-bond acceptors (Lipinski definition) is 2. The molecule has 0 amide bonds. The third kappa shape index (κ3) is 4.04. The van der Waals surface area contributed by atoms with Gasteiger partial charge in [0.25, 0.3) is 0 Å². The molecular weight excluding hydrogens is 534 g/mol. The van der Waals surface area contributed by atoms with Gasteiger partial charge in [0.2, 0.25) is 0 Å². The van der Waals surface area contributed by atoms with Crippen LogP contribution >= 0.6 is 0 Å². The molecule has 9 rings (SSSR count). The van der Waals surface area contributed by atoms with Crippen molar-refractivity contribution >= 4 is 71.3 Å². The number of benzene rings is 8. The minimum absolute atomic E-state index is 0.918. The van der Waals surface area contributed by atoms with Crippen molar-refractivity contribution in [1.82, 2.24) is 0 Å². The van der Waals surface area contributed by atoms with Crippen LogP contribution in [0.25, 0.3) is 65.4 Å². The van der Waals surface area contributed by atoms with Gasteiger partial charge in [0.05, 0.1) is 0 Å². The zero-order chi connectivity index (χ0) is 29.0. The maximum atomic E-state index is 6.53. The van der Waals surface area contributed by atoms with Crippen molar-refractivity contribution in [2.45, 2.75) is 0 Å². The van der Waals surface area contributed by atoms with Crippen LogP contribution in [0.2, 0.25) is 0 Å². The van der Waals surface area contributed by atoms with E-state index in [-0.39, 0.29) is 0 Å². The molecule has 0 aliphatic rings.